The molecule has 2 unspecified atom stereocenters. The minimum Gasteiger partial charge on any atom is -0.399 e. The standard InChI is InChI=1S/C23H34N4S/c1-16(14-23(3,4)5)18(10-11-25-6)13-21(19-8-7-9-20(24)12-19)27-22-26-15-17(2)28-22/h7-13,15,21-22,25-27H,1,14,24H2,2-6H3/b11-10-,18-13+. The molecule has 1 aliphatic rings. The summed E-state index contributed by atoms with van der Waals surface area (Å²) in [4.78, 5) is 1.26. The van der Waals surface area contributed by atoms with Gasteiger partial charge in [0.05, 0.1) is 6.04 Å². The van der Waals surface area contributed by atoms with E-state index in [1.807, 2.05) is 37.6 Å². The van der Waals surface area contributed by atoms with Gasteiger partial charge in [-0.15, -0.1) is 0 Å². The van der Waals surface area contributed by atoms with Crippen molar-refractivity contribution >= 4 is 17.4 Å². The van der Waals surface area contributed by atoms with E-state index in [9.17, 15) is 0 Å². The van der Waals surface area contributed by atoms with Crippen LogP contribution in [0.3, 0.4) is 0 Å². The van der Waals surface area contributed by atoms with Crippen LogP contribution < -0.4 is 21.7 Å². The molecule has 1 aromatic carbocycles. The van der Waals surface area contributed by atoms with Crippen molar-refractivity contribution in [3.63, 3.8) is 0 Å². The molecule has 1 heterocycles. The number of nitrogens with two attached hydrogens (primary N) is 1. The van der Waals surface area contributed by atoms with E-state index in [1.54, 1.807) is 11.8 Å². The third-order valence-electron chi connectivity index (χ3n) is 4.27. The Morgan fingerprint density at radius 1 is 1.39 bits per heavy atom. The molecular formula is C23H34N4S. The Morgan fingerprint density at radius 2 is 2.14 bits per heavy atom. The first-order chi connectivity index (χ1) is 13.2. The fourth-order valence-electron chi connectivity index (χ4n) is 3.07. The molecule has 0 aromatic heterocycles. The summed E-state index contributed by atoms with van der Waals surface area (Å²) in [6.07, 6.45) is 9.25. The molecule has 28 heavy (non-hydrogen) atoms. The number of nitrogen functional groups attached to an aromatic ring is 1. The molecule has 0 radical (unpaired) electrons. The number of anilines is 1. The number of nitrogens with one attached hydrogen (secondary N) is 3. The van der Waals surface area contributed by atoms with Gasteiger partial charge in [-0.3, -0.25) is 5.32 Å². The average Bonchev–Trinajstić information content (AvgIpc) is 3.01. The molecular weight excluding hydrogens is 364 g/mol. The summed E-state index contributed by atoms with van der Waals surface area (Å²) < 4.78 is 0. The molecule has 0 spiro atoms. The van der Waals surface area contributed by atoms with Crippen LogP contribution in [-0.2, 0) is 0 Å². The topological polar surface area (TPSA) is 62.1 Å². The van der Waals surface area contributed by atoms with Crippen LogP contribution in [0.25, 0.3) is 0 Å². The van der Waals surface area contributed by atoms with Crippen LogP contribution >= 0.6 is 11.8 Å². The second-order valence-electron chi connectivity index (χ2n) is 8.32. The van der Waals surface area contributed by atoms with E-state index in [0.717, 1.165) is 28.8 Å². The van der Waals surface area contributed by atoms with Crippen LogP contribution in [0.5, 0.6) is 0 Å². The van der Waals surface area contributed by atoms with Gasteiger partial charge in [-0.1, -0.05) is 57.3 Å². The van der Waals surface area contributed by atoms with Gasteiger partial charge in [0.25, 0.3) is 0 Å². The van der Waals surface area contributed by atoms with Gasteiger partial charge in [0.2, 0.25) is 0 Å². The van der Waals surface area contributed by atoms with Gasteiger partial charge < -0.3 is 16.4 Å². The summed E-state index contributed by atoms with van der Waals surface area (Å²) in [7, 11) is 1.90. The molecule has 0 fully saturated rings. The molecule has 5 N–H and O–H groups in total. The summed E-state index contributed by atoms with van der Waals surface area (Å²) in [5.41, 5.74) is 10.5. The summed E-state index contributed by atoms with van der Waals surface area (Å²) >= 11 is 1.78. The Labute approximate surface area is 174 Å². The van der Waals surface area contributed by atoms with Crippen LogP contribution in [0.15, 0.2) is 71.4 Å². The van der Waals surface area contributed by atoms with E-state index >= 15 is 0 Å². The number of hydrogen-bond donors (Lipinski definition) is 4. The Balaban J connectivity index is 2.36. The number of hydrogen-bond acceptors (Lipinski definition) is 5. The van der Waals surface area contributed by atoms with Crippen molar-refractivity contribution in [3.8, 4) is 0 Å². The first-order valence-electron chi connectivity index (χ1n) is 9.63. The molecule has 0 aliphatic carbocycles. The monoisotopic (exact) mass is 398 g/mol. The lowest BCUT2D eigenvalue weighted by molar-refractivity contribution is 0.412. The number of rotatable bonds is 8. The SMILES string of the molecule is C=C(CC(C)(C)C)C(/C=C\NC)=C/C(NC1NC=C(C)S1)c1cccc(N)c1. The molecule has 1 aromatic rings. The Bertz CT molecular complexity index is 771. The summed E-state index contributed by atoms with van der Waals surface area (Å²) in [6, 6.07) is 8.05. The van der Waals surface area contributed by atoms with Crippen molar-refractivity contribution in [2.75, 3.05) is 12.8 Å². The molecule has 1 aliphatic heterocycles. The predicted octanol–water partition coefficient (Wildman–Crippen LogP) is 5.03. The Morgan fingerprint density at radius 3 is 2.71 bits per heavy atom. The van der Waals surface area contributed by atoms with Gasteiger partial charge >= 0.3 is 0 Å². The molecule has 5 heteroatoms. The fourth-order valence-corrected chi connectivity index (χ4v) is 3.93. The first kappa shape index (κ1) is 22.2. The predicted molar refractivity (Wildman–Crippen MR) is 124 cm³/mol. The minimum atomic E-state index is 0.000949. The lowest BCUT2D eigenvalue weighted by Crippen LogP contribution is -2.36. The fraction of sp³-hybridized carbons (Fsp3) is 0.391. The maximum Gasteiger partial charge on any atom is 0.130 e. The largest absolute Gasteiger partial charge is 0.399 e. The second-order valence-corrected chi connectivity index (χ2v) is 9.67. The summed E-state index contributed by atoms with van der Waals surface area (Å²) in [6.45, 7) is 13.2. The van der Waals surface area contributed by atoms with E-state index < -0.39 is 0 Å². The highest BCUT2D eigenvalue weighted by atomic mass is 32.2. The lowest BCUT2D eigenvalue weighted by atomic mass is 9.85. The normalized spacial score (nSPS) is 18.7. The van der Waals surface area contributed by atoms with Gasteiger partial charge in [-0.05, 0) is 59.9 Å². The van der Waals surface area contributed by atoms with E-state index in [-0.39, 0.29) is 17.0 Å². The van der Waals surface area contributed by atoms with Gasteiger partial charge in [-0.2, -0.15) is 0 Å². The van der Waals surface area contributed by atoms with Gasteiger partial charge in [0, 0.05) is 23.8 Å². The molecule has 0 saturated heterocycles. The van der Waals surface area contributed by atoms with Crippen molar-refractivity contribution in [2.45, 2.75) is 45.7 Å². The van der Waals surface area contributed by atoms with Crippen LogP contribution in [0.4, 0.5) is 5.69 Å². The molecule has 0 amide bonds. The third-order valence-corrected chi connectivity index (χ3v) is 5.27. The van der Waals surface area contributed by atoms with E-state index in [2.05, 4.69) is 68.4 Å². The van der Waals surface area contributed by atoms with E-state index in [0.29, 0.717) is 0 Å². The first-order valence-corrected chi connectivity index (χ1v) is 10.5. The second kappa shape index (κ2) is 9.89. The van der Waals surface area contributed by atoms with Gasteiger partial charge in [0.15, 0.2) is 0 Å². The van der Waals surface area contributed by atoms with Crippen molar-refractivity contribution in [3.05, 3.63) is 77.0 Å². The zero-order valence-electron chi connectivity index (χ0n) is 17.7. The van der Waals surface area contributed by atoms with Gasteiger partial charge in [-0.25, -0.2) is 0 Å². The number of allylic oxidation sites excluding steroid dienone is 4. The highest BCUT2D eigenvalue weighted by Crippen LogP contribution is 2.31. The van der Waals surface area contributed by atoms with Crippen LogP contribution in [0, 0.1) is 5.41 Å². The molecule has 2 rings (SSSR count). The highest BCUT2D eigenvalue weighted by Gasteiger charge is 2.21. The van der Waals surface area contributed by atoms with Crippen LogP contribution in [0.2, 0.25) is 0 Å². The Kier molecular flexibility index (Phi) is 7.84. The van der Waals surface area contributed by atoms with Crippen molar-refractivity contribution in [1.82, 2.24) is 16.0 Å². The molecule has 152 valence electrons. The smallest absolute Gasteiger partial charge is 0.130 e. The molecule has 2 atom stereocenters. The number of thioether (sulfide) groups is 1. The zero-order chi connectivity index (χ0) is 20.7. The quantitative estimate of drug-likeness (QED) is 0.365. The van der Waals surface area contributed by atoms with Crippen LogP contribution in [-0.4, -0.2) is 12.5 Å². The van der Waals surface area contributed by atoms with Crippen molar-refractivity contribution in [1.29, 1.82) is 0 Å². The maximum absolute atomic E-state index is 6.06. The van der Waals surface area contributed by atoms with Crippen molar-refractivity contribution in [2.24, 2.45) is 5.41 Å². The maximum atomic E-state index is 6.06. The highest BCUT2D eigenvalue weighted by molar-refractivity contribution is 8.03. The van der Waals surface area contributed by atoms with E-state index in [1.165, 1.54) is 4.91 Å². The number of benzene rings is 1. The lowest BCUT2D eigenvalue weighted by Gasteiger charge is -2.24. The van der Waals surface area contributed by atoms with E-state index in [4.69, 9.17) is 5.73 Å². The minimum absolute atomic E-state index is 0.000949. The summed E-state index contributed by atoms with van der Waals surface area (Å²) in [5.74, 6) is 0. The average molecular weight is 399 g/mol. The molecule has 0 bridgehead atoms. The molecule has 0 saturated carbocycles. The third kappa shape index (κ3) is 7.13. The van der Waals surface area contributed by atoms with Gasteiger partial charge in [0.1, 0.15) is 5.50 Å². The molecule has 4 nitrogen and oxygen atoms in total. The summed E-state index contributed by atoms with van der Waals surface area (Å²) in [5, 5.41) is 10.2. The van der Waals surface area contributed by atoms with Crippen LogP contribution in [0.1, 0.15) is 45.7 Å². The van der Waals surface area contributed by atoms with Crippen molar-refractivity contribution < 1.29 is 0 Å². The Hall–Kier alpha value is -2.11. The zero-order valence-corrected chi connectivity index (χ0v) is 18.5.